The van der Waals surface area contributed by atoms with Gasteiger partial charge in [0.2, 0.25) is 11.8 Å². The van der Waals surface area contributed by atoms with Crippen molar-refractivity contribution in [2.75, 3.05) is 13.1 Å². The lowest BCUT2D eigenvalue weighted by molar-refractivity contribution is -0.139. The van der Waals surface area contributed by atoms with Gasteiger partial charge in [0.05, 0.1) is 6.54 Å². The summed E-state index contributed by atoms with van der Waals surface area (Å²) in [6.45, 7) is 3.04. The van der Waals surface area contributed by atoms with E-state index in [1.807, 2.05) is 0 Å². The smallest absolute Gasteiger partial charge is 0.350 e. The molecule has 2 amide bonds. The van der Waals surface area contributed by atoms with Crippen molar-refractivity contribution in [1.82, 2.24) is 24.4 Å². The van der Waals surface area contributed by atoms with Crippen molar-refractivity contribution in [3.63, 3.8) is 0 Å². The van der Waals surface area contributed by atoms with E-state index in [0.29, 0.717) is 18.7 Å². The van der Waals surface area contributed by atoms with Gasteiger partial charge in [0, 0.05) is 25.7 Å². The van der Waals surface area contributed by atoms with E-state index in [1.165, 1.54) is 9.08 Å². The van der Waals surface area contributed by atoms with Crippen LogP contribution in [0, 0.1) is 0 Å². The largest absolute Gasteiger partial charge is 0.354 e. The Bertz CT molecular complexity index is 794. The normalized spacial score (nSPS) is 18.7. The van der Waals surface area contributed by atoms with Gasteiger partial charge in [-0.15, -0.1) is 5.10 Å². The van der Waals surface area contributed by atoms with Crippen LogP contribution in [-0.2, 0) is 16.1 Å². The second-order valence-corrected chi connectivity index (χ2v) is 5.59. The van der Waals surface area contributed by atoms with Crippen LogP contribution in [0.3, 0.4) is 0 Å². The molecule has 0 saturated carbocycles. The van der Waals surface area contributed by atoms with Crippen molar-refractivity contribution in [3.05, 3.63) is 34.9 Å². The van der Waals surface area contributed by atoms with E-state index in [-0.39, 0.29) is 30.5 Å². The zero-order valence-corrected chi connectivity index (χ0v) is 12.9. The van der Waals surface area contributed by atoms with E-state index in [0.717, 1.165) is 6.42 Å². The van der Waals surface area contributed by atoms with Crippen molar-refractivity contribution in [2.24, 2.45) is 0 Å². The molecule has 3 heterocycles. The summed E-state index contributed by atoms with van der Waals surface area (Å²) in [5.41, 5.74) is 0.280. The lowest BCUT2D eigenvalue weighted by atomic mass is 10.2. The minimum absolute atomic E-state index is 0.138. The number of aromatic nitrogens is 3. The molecule has 0 aliphatic carbocycles. The average Bonchev–Trinajstić information content (AvgIpc) is 2.78. The van der Waals surface area contributed by atoms with Gasteiger partial charge in [-0.05, 0) is 25.5 Å². The lowest BCUT2D eigenvalue weighted by Crippen LogP contribution is -2.45. The molecule has 122 valence electrons. The van der Waals surface area contributed by atoms with E-state index in [1.54, 1.807) is 36.2 Å². The van der Waals surface area contributed by atoms with Crippen molar-refractivity contribution >= 4 is 17.5 Å². The quantitative estimate of drug-likeness (QED) is 0.836. The summed E-state index contributed by atoms with van der Waals surface area (Å²) in [7, 11) is 0. The molecule has 2 aromatic rings. The summed E-state index contributed by atoms with van der Waals surface area (Å²) in [5.74, 6) is -0.278. The molecule has 2 aromatic heterocycles. The summed E-state index contributed by atoms with van der Waals surface area (Å²) in [6.07, 6.45) is 2.52. The number of carbonyl (C=O) groups is 2. The lowest BCUT2D eigenvalue weighted by Gasteiger charge is -2.25. The maximum absolute atomic E-state index is 12.4. The minimum atomic E-state index is -0.484. The molecular weight excluding hydrogens is 298 g/mol. The first-order valence-electron chi connectivity index (χ1n) is 7.69. The standard InChI is InChI=1S/C15H19N5O3/c1-11-14(22)16-7-4-9-18(11)13(21)6-10-20-15(23)19-8-3-2-5-12(19)17-20/h2-3,5,8,11H,4,6-7,9-10H2,1H3,(H,16,22). The molecule has 1 saturated heterocycles. The van der Waals surface area contributed by atoms with Gasteiger partial charge in [-0.2, -0.15) is 0 Å². The number of fused-ring (bicyclic) bond motifs is 1. The molecule has 0 radical (unpaired) electrons. The maximum atomic E-state index is 12.4. The Morgan fingerprint density at radius 1 is 1.39 bits per heavy atom. The van der Waals surface area contributed by atoms with Crippen LogP contribution in [0.2, 0.25) is 0 Å². The molecule has 0 aromatic carbocycles. The van der Waals surface area contributed by atoms with E-state index in [4.69, 9.17) is 0 Å². The number of pyridine rings is 1. The van der Waals surface area contributed by atoms with Crippen LogP contribution in [0.25, 0.3) is 5.65 Å². The minimum Gasteiger partial charge on any atom is -0.354 e. The molecule has 0 spiro atoms. The van der Waals surface area contributed by atoms with Crippen LogP contribution in [0.5, 0.6) is 0 Å². The maximum Gasteiger partial charge on any atom is 0.350 e. The zero-order valence-electron chi connectivity index (χ0n) is 12.9. The van der Waals surface area contributed by atoms with E-state index in [9.17, 15) is 14.4 Å². The number of hydrogen-bond donors (Lipinski definition) is 1. The number of nitrogens with zero attached hydrogens (tertiary/aromatic N) is 4. The fourth-order valence-electron chi connectivity index (χ4n) is 2.74. The van der Waals surface area contributed by atoms with Crippen molar-refractivity contribution < 1.29 is 9.59 Å². The van der Waals surface area contributed by atoms with Crippen LogP contribution in [0.15, 0.2) is 29.2 Å². The molecule has 1 aliphatic rings. The van der Waals surface area contributed by atoms with E-state index < -0.39 is 6.04 Å². The fourth-order valence-corrected chi connectivity index (χ4v) is 2.74. The predicted molar refractivity (Wildman–Crippen MR) is 82.9 cm³/mol. The molecule has 1 fully saturated rings. The molecule has 23 heavy (non-hydrogen) atoms. The van der Waals surface area contributed by atoms with Crippen LogP contribution in [0.1, 0.15) is 19.8 Å². The molecule has 1 N–H and O–H groups in total. The monoisotopic (exact) mass is 317 g/mol. The summed E-state index contributed by atoms with van der Waals surface area (Å²) in [5, 5.41) is 6.98. The molecular formula is C15H19N5O3. The predicted octanol–water partition coefficient (Wildman–Crippen LogP) is -0.377. The first-order chi connectivity index (χ1) is 11.1. The summed E-state index contributed by atoms with van der Waals surface area (Å²) in [6, 6.07) is 4.81. The molecule has 1 atom stereocenters. The molecule has 8 heteroatoms. The van der Waals surface area contributed by atoms with Gasteiger partial charge >= 0.3 is 5.69 Å². The Morgan fingerprint density at radius 3 is 3.00 bits per heavy atom. The number of nitrogens with one attached hydrogen (secondary N) is 1. The van der Waals surface area contributed by atoms with Crippen molar-refractivity contribution in [1.29, 1.82) is 0 Å². The summed E-state index contributed by atoms with van der Waals surface area (Å²) < 4.78 is 2.72. The number of hydrogen-bond acceptors (Lipinski definition) is 4. The molecule has 1 unspecified atom stereocenters. The summed E-state index contributed by atoms with van der Waals surface area (Å²) >= 11 is 0. The Morgan fingerprint density at radius 2 is 2.22 bits per heavy atom. The van der Waals surface area contributed by atoms with Gasteiger partial charge in [-0.1, -0.05) is 6.07 Å². The fraction of sp³-hybridized carbons (Fsp3) is 0.467. The van der Waals surface area contributed by atoms with Gasteiger partial charge < -0.3 is 10.2 Å². The molecule has 3 rings (SSSR count). The Hall–Kier alpha value is -2.64. The van der Waals surface area contributed by atoms with Crippen molar-refractivity contribution in [2.45, 2.75) is 32.4 Å². The third-order valence-corrected chi connectivity index (χ3v) is 4.07. The van der Waals surface area contributed by atoms with Crippen LogP contribution < -0.4 is 11.0 Å². The SMILES string of the molecule is CC1C(=O)NCCCN1C(=O)CCn1nc2ccccn2c1=O. The number of amides is 2. The van der Waals surface area contributed by atoms with E-state index >= 15 is 0 Å². The number of carbonyl (C=O) groups excluding carboxylic acids is 2. The number of aryl methyl sites for hydroxylation is 1. The molecule has 8 nitrogen and oxygen atoms in total. The first-order valence-corrected chi connectivity index (χ1v) is 7.69. The highest BCUT2D eigenvalue weighted by atomic mass is 16.2. The Kier molecular flexibility index (Phi) is 4.14. The zero-order chi connectivity index (χ0) is 16.4. The summed E-state index contributed by atoms with van der Waals surface area (Å²) in [4.78, 5) is 37.9. The van der Waals surface area contributed by atoms with Crippen molar-refractivity contribution in [3.8, 4) is 0 Å². The van der Waals surface area contributed by atoms with E-state index in [2.05, 4.69) is 10.4 Å². The van der Waals surface area contributed by atoms with Gasteiger partial charge in [0.15, 0.2) is 5.65 Å². The highest BCUT2D eigenvalue weighted by Gasteiger charge is 2.27. The van der Waals surface area contributed by atoms with Crippen LogP contribution in [0.4, 0.5) is 0 Å². The van der Waals surface area contributed by atoms with Crippen LogP contribution >= 0.6 is 0 Å². The van der Waals surface area contributed by atoms with Gasteiger partial charge in [0.25, 0.3) is 0 Å². The third-order valence-electron chi connectivity index (χ3n) is 4.07. The third kappa shape index (κ3) is 2.96. The Labute approximate surface area is 132 Å². The van der Waals surface area contributed by atoms with Gasteiger partial charge in [-0.3, -0.25) is 14.0 Å². The Balaban J connectivity index is 1.71. The first kappa shape index (κ1) is 15.3. The van der Waals surface area contributed by atoms with Crippen LogP contribution in [-0.4, -0.2) is 50.0 Å². The molecule has 1 aliphatic heterocycles. The second-order valence-electron chi connectivity index (χ2n) is 5.59. The highest BCUT2D eigenvalue weighted by molar-refractivity contribution is 5.87. The molecule has 0 bridgehead atoms. The second kappa shape index (κ2) is 6.23. The van der Waals surface area contributed by atoms with Gasteiger partial charge in [-0.25, -0.2) is 9.48 Å². The van der Waals surface area contributed by atoms with Gasteiger partial charge in [0.1, 0.15) is 6.04 Å². The topological polar surface area (TPSA) is 88.7 Å². The number of rotatable bonds is 3. The average molecular weight is 317 g/mol. The highest BCUT2D eigenvalue weighted by Crippen LogP contribution is 2.08.